The van der Waals surface area contributed by atoms with Crippen LogP contribution in [0.15, 0.2) is 22.7 Å². The van der Waals surface area contributed by atoms with E-state index in [1.807, 2.05) is 12.1 Å². The van der Waals surface area contributed by atoms with Crippen LogP contribution in [-0.2, 0) is 0 Å². The summed E-state index contributed by atoms with van der Waals surface area (Å²) < 4.78 is 1.05. The smallest absolute Gasteiger partial charge is 0.122 e. The molecule has 96 valence electrons. The van der Waals surface area contributed by atoms with Gasteiger partial charge >= 0.3 is 0 Å². The SMILES string of the molecule is N=C(N)c1ccc(N2CC3CCCC3C2)c(Br)c1. The summed E-state index contributed by atoms with van der Waals surface area (Å²) in [4.78, 5) is 2.47. The molecule has 2 fully saturated rings. The van der Waals surface area contributed by atoms with Gasteiger partial charge in [0.15, 0.2) is 0 Å². The summed E-state index contributed by atoms with van der Waals surface area (Å²) in [5.41, 5.74) is 7.54. The van der Waals surface area contributed by atoms with Crippen LogP contribution in [0.4, 0.5) is 5.69 Å². The number of anilines is 1. The minimum Gasteiger partial charge on any atom is -0.384 e. The molecule has 1 aromatic rings. The lowest BCUT2D eigenvalue weighted by Crippen LogP contribution is -2.21. The van der Waals surface area contributed by atoms with Gasteiger partial charge in [-0.25, -0.2) is 0 Å². The van der Waals surface area contributed by atoms with Gasteiger partial charge in [-0.05, 0) is 58.8 Å². The maximum absolute atomic E-state index is 7.46. The number of nitrogens with two attached hydrogens (primary N) is 1. The van der Waals surface area contributed by atoms with Crippen molar-refractivity contribution < 1.29 is 0 Å². The number of fused-ring (bicyclic) bond motifs is 1. The number of benzene rings is 1. The van der Waals surface area contributed by atoms with Crippen LogP contribution >= 0.6 is 15.9 Å². The molecule has 1 saturated heterocycles. The molecule has 0 bridgehead atoms. The van der Waals surface area contributed by atoms with Gasteiger partial charge in [0.05, 0.1) is 5.69 Å². The third-order valence-electron chi connectivity index (χ3n) is 4.33. The van der Waals surface area contributed by atoms with E-state index in [0.717, 1.165) is 21.9 Å². The molecule has 0 amide bonds. The van der Waals surface area contributed by atoms with Crippen molar-refractivity contribution in [1.29, 1.82) is 5.41 Å². The molecule has 1 heterocycles. The van der Waals surface area contributed by atoms with Crippen LogP contribution in [0.2, 0.25) is 0 Å². The normalized spacial score (nSPS) is 26.4. The first-order valence-corrected chi connectivity index (χ1v) is 7.33. The Balaban J connectivity index is 1.83. The van der Waals surface area contributed by atoms with Crippen LogP contribution in [0, 0.1) is 17.2 Å². The Morgan fingerprint density at radius 2 is 1.94 bits per heavy atom. The molecule has 1 saturated carbocycles. The summed E-state index contributed by atoms with van der Waals surface area (Å²) >= 11 is 3.61. The van der Waals surface area contributed by atoms with Crippen LogP contribution in [0.5, 0.6) is 0 Å². The monoisotopic (exact) mass is 307 g/mol. The van der Waals surface area contributed by atoms with Gasteiger partial charge in [0.25, 0.3) is 0 Å². The number of hydrogen-bond acceptors (Lipinski definition) is 2. The molecular weight excluding hydrogens is 290 g/mol. The fourth-order valence-corrected chi connectivity index (χ4v) is 3.99. The Kier molecular flexibility index (Phi) is 3.06. The molecule has 0 aromatic heterocycles. The first-order valence-electron chi connectivity index (χ1n) is 6.54. The predicted octanol–water partition coefficient (Wildman–Crippen LogP) is 2.97. The Bertz CT molecular complexity index is 474. The average Bonchev–Trinajstić information content (AvgIpc) is 2.88. The summed E-state index contributed by atoms with van der Waals surface area (Å²) in [6.07, 6.45) is 4.20. The lowest BCUT2D eigenvalue weighted by Gasteiger charge is -2.21. The van der Waals surface area contributed by atoms with E-state index in [1.165, 1.54) is 38.0 Å². The summed E-state index contributed by atoms with van der Waals surface area (Å²) in [6.45, 7) is 2.37. The zero-order chi connectivity index (χ0) is 12.7. The quantitative estimate of drug-likeness (QED) is 0.652. The number of nitrogens with one attached hydrogen (secondary N) is 1. The van der Waals surface area contributed by atoms with Crippen molar-refractivity contribution in [2.45, 2.75) is 19.3 Å². The highest BCUT2D eigenvalue weighted by Crippen LogP contribution is 2.41. The van der Waals surface area contributed by atoms with E-state index in [9.17, 15) is 0 Å². The first kappa shape index (κ1) is 12.0. The minimum absolute atomic E-state index is 0.126. The summed E-state index contributed by atoms with van der Waals surface area (Å²) in [6, 6.07) is 5.98. The molecule has 2 atom stereocenters. The highest BCUT2D eigenvalue weighted by Gasteiger charge is 2.36. The Morgan fingerprint density at radius 1 is 1.28 bits per heavy atom. The van der Waals surface area contributed by atoms with Crippen LogP contribution in [-0.4, -0.2) is 18.9 Å². The van der Waals surface area contributed by atoms with Crippen molar-refractivity contribution in [2.24, 2.45) is 17.6 Å². The van der Waals surface area contributed by atoms with Crippen molar-refractivity contribution in [2.75, 3.05) is 18.0 Å². The zero-order valence-electron chi connectivity index (χ0n) is 10.3. The van der Waals surface area contributed by atoms with Gasteiger partial charge in [0.2, 0.25) is 0 Å². The number of nitrogen functional groups attached to an aromatic ring is 1. The molecule has 1 aromatic carbocycles. The number of nitrogens with zero attached hydrogens (tertiary/aromatic N) is 1. The van der Waals surface area contributed by atoms with E-state index in [-0.39, 0.29) is 5.84 Å². The van der Waals surface area contributed by atoms with Gasteiger partial charge in [0.1, 0.15) is 5.84 Å². The number of halogens is 1. The van der Waals surface area contributed by atoms with Crippen LogP contribution in [0.25, 0.3) is 0 Å². The predicted molar refractivity (Wildman–Crippen MR) is 78.2 cm³/mol. The van der Waals surface area contributed by atoms with E-state index in [1.54, 1.807) is 0 Å². The van der Waals surface area contributed by atoms with Crippen molar-refractivity contribution in [3.8, 4) is 0 Å². The summed E-state index contributed by atoms with van der Waals surface area (Å²) in [7, 11) is 0. The highest BCUT2D eigenvalue weighted by molar-refractivity contribution is 9.10. The van der Waals surface area contributed by atoms with Gasteiger partial charge in [-0.3, -0.25) is 5.41 Å². The molecule has 3 nitrogen and oxygen atoms in total. The van der Waals surface area contributed by atoms with Gasteiger partial charge in [-0.15, -0.1) is 0 Å². The molecule has 1 aliphatic carbocycles. The van der Waals surface area contributed by atoms with Crippen molar-refractivity contribution in [3.05, 3.63) is 28.2 Å². The second kappa shape index (κ2) is 4.57. The number of rotatable bonds is 2. The van der Waals surface area contributed by atoms with Crippen LogP contribution in [0.3, 0.4) is 0 Å². The van der Waals surface area contributed by atoms with E-state index < -0.39 is 0 Å². The Labute approximate surface area is 116 Å². The molecule has 18 heavy (non-hydrogen) atoms. The highest BCUT2D eigenvalue weighted by atomic mass is 79.9. The van der Waals surface area contributed by atoms with Gasteiger partial charge in [-0.1, -0.05) is 6.42 Å². The van der Waals surface area contributed by atoms with E-state index >= 15 is 0 Å². The molecule has 2 unspecified atom stereocenters. The van der Waals surface area contributed by atoms with Gasteiger partial charge in [0, 0.05) is 23.1 Å². The Morgan fingerprint density at radius 3 is 2.50 bits per heavy atom. The summed E-state index contributed by atoms with van der Waals surface area (Å²) in [5, 5.41) is 7.46. The van der Waals surface area contributed by atoms with Crippen molar-refractivity contribution in [3.63, 3.8) is 0 Å². The molecule has 0 radical (unpaired) electrons. The molecule has 3 rings (SSSR count). The summed E-state index contributed by atoms with van der Waals surface area (Å²) in [5.74, 6) is 1.91. The van der Waals surface area contributed by atoms with Crippen molar-refractivity contribution in [1.82, 2.24) is 0 Å². The molecule has 1 aliphatic heterocycles. The van der Waals surface area contributed by atoms with Crippen LogP contribution < -0.4 is 10.6 Å². The van der Waals surface area contributed by atoms with Crippen molar-refractivity contribution >= 4 is 27.5 Å². The van der Waals surface area contributed by atoms with Crippen LogP contribution in [0.1, 0.15) is 24.8 Å². The standard InChI is InChI=1S/C14H18BrN3/c15-12-6-9(14(16)17)4-5-13(12)18-7-10-2-1-3-11(10)8-18/h4-6,10-11H,1-3,7-8H2,(H3,16,17). The number of hydrogen-bond donors (Lipinski definition) is 2. The zero-order valence-corrected chi connectivity index (χ0v) is 11.9. The molecule has 3 N–H and O–H groups in total. The average molecular weight is 308 g/mol. The Hall–Kier alpha value is -1.03. The molecule has 2 aliphatic rings. The molecule has 0 spiro atoms. The van der Waals surface area contributed by atoms with E-state index in [2.05, 4.69) is 26.9 Å². The lowest BCUT2D eigenvalue weighted by molar-refractivity contribution is 0.494. The number of amidine groups is 1. The second-order valence-electron chi connectivity index (χ2n) is 5.44. The minimum atomic E-state index is 0.126. The molecule has 4 heteroatoms. The first-order chi connectivity index (χ1) is 8.65. The fraction of sp³-hybridized carbons (Fsp3) is 0.500. The molecular formula is C14H18BrN3. The lowest BCUT2D eigenvalue weighted by atomic mass is 10.0. The van der Waals surface area contributed by atoms with Gasteiger partial charge < -0.3 is 10.6 Å². The fourth-order valence-electron chi connectivity index (χ4n) is 3.36. The third-order valence-corrected chi connectivity index (χ3v) is 4.96. The van der Waals surface area contributed by atoms with E-state index in [0.29, 0.717) is 0 Å². The third kappa shape index (κ3) is 2.03. The van der Waals surface area contributed by atoms with E-state index in [4.69, 9.17) is 11.1 Å². The maximum atomic E-state index is 7.46. The topological polar surface area (TPSA) is 53.1 Å². The largest absolute Gasteiger partial charge is 0.384 e. The maximum Gasteiger partial charge on any atom is 0.122 e. The second-order valence-corrected chi connectivity index (χ2v) is 6.29. The van der Waals surface area contributed by atoms with Gasteiger partial charge in [-0.2, -0.15) is 0 Å².